The number of nitrogens with zero attached hydrogens (tertiary/aromatic N) is 1. The van der Waals surface area contributed by atoms with Gasteiger partial charge in [-0.1, -0.05) is 80.9 Å². The summed E-state index contributed by atoms with van der Waals surface area (Å²) >= 11 is 0. The summed E-state index contributed by atoms with van der Waals surface area (Å²) in [7, 11) is 0. The molecule has 13 atom stereocenters. The molecule has 2 heterocycles. The Balaban J connectivity index is 1.68. The fourth-order valence-corrected chi connectivity index (χ4v) is 9.22. The van der Waals surface area contributed by atoms with Gasteiger partial charge in [0.1, 0.15) is 60.4 Å². The highest BCUT2D eigenvalue weighted by Gasteiger charge is 2.38. The van der Waals surface area contributed by atoms with Gasteiger partial charge in [0.15, 0.2) is 0 Å². The fourth-order valence-electron chi connectivity index (χ4n) is 9.22. The minimum Gasteiger partial charge on any atom is -0.391 e. The van der Waals surface area contributed by atoms with Crippen LogP contribution in [0.1, 0.15) is 82.1 Å². The first kappa shape index (κ1) is 72.0. The van der Waals surface area contributed by atoms with Gasteiger partial charge in [-0.2, -0.15) is 0 Å². The Bertz CT molecular complexity index is 2830. The van der Waals surface area contributed by atoms with E-state index >= 15 is 0 Å². The van der Waals surface area contributed by atoms with Crippen LogP contribution in [0.2, 0.25) is 0 Å². The monoisotopic (exact) mass is 1230 g/mol. The van der Waals surface area contributed by atoms with Crippen LogP contribution in [0.15, 0.2) is 79.0 Å². The van der Waals surface area contributed by atoms with E-state index in [4.69, 9.17) is 28.7 Å². The predicted octanol–water partition coefficient (Wildman–Crippen LogP) is -5.87. The van der Waals surface area contributed by atoms with Crippen molar-refractivity contribution in [3.63, 3.8) is 0 Å². The van der Waals surface area contributed by atoms with Crippen LogP contribution in [0.5, 0.6) is 0 Å². The number of pyridine rings is 1. The highest BCUT2D eigenvalue weighted by atomic mass is 16.3. The first-order valence-corrected chi connectivity index (χ1v) is 29.2. The summed E-state index contributed by atoms with van der Waals surface area (Å²) in [5, 5.41) is 49.4. The van der Waals surface area contributed by atoms with Gasteiger partial charge in [0.25, 0.3) is 5.91 Å². The van der Waals surface area contributed by atoms with Crippen molar-refractivity contribution >= 4 is 65.0 Å². The maximum atomic E-state index is 14.5. The van der Waals surface area contributed by atoms with E-state index in [0.29, 0.717) is 17.7 Å². The zero-order chi connectivity index (χ0) is 65.0. The molecule has 23 N–H and O–H groups in total. The number of nitrogens with one attached hydrogen (secondary N) is 11. The number of nitrogens with two attached hydrogens (primary N) is 5. The molecule has 2 aromatic carbocycles. The summed E-state index contributed by atoms with van der Waals surface area (Å²) in [6.45, 7) is 4.06. The van der Waals surface area contributed by atoms with Crippen LogP contribution in [-0.4, -0.2) is 192 Å². The van der Waals surface area contributed by atoms with Gasteiger partial charge in [0.05, 0.1) is 17.9 Å². The first-order chi connectivity index (χ1) is 42.0. The lowest BCUT2D eigenvalue weighted by atomic mass is 9.96. The summed E-state index contributed by atoms with van der Waals surface area (Å²) in [4.78, 5) is 159. The SMILES string of the molecule is CC[C@H](C)[C@@H]1NC(=O)[C@@H](Cc2ccccc2)NC(=O)[C@H](CCN)NC(=O)[C@@H](NC(=O)[C@H](CN)NC(=O)[C@@H](NC(=O)[C@H](CCN)NC(=O)c2ccnc(-c3ccccc3)c2)[C@@H](C)O)CCNC(=O)[C@H]([C@@H](C)O)NC(=O)[C@H](CCN)NC(=O)[C@H](CCN)NC1=O. The lowest BCUT2D eigenvalue weighted by Gasteiger charge is -2.30. The molecular weight excluding hydrogens is 1140 g/mol. The Labute approximate surface area is 510 Å². The number of aliphatic hydroxyl groups excluding tert-OH is 2. The molecule has 1 saturated heterocycles. The largest absolute Gasteiger partial charge is 0.391 e. The van der Waals surface area contributed by atoms with Crippen molar-refractivity contribution in [3.05, 3.63) is 90.1 Å². The Morgan fingerprint density at radius 3 is 1.67 bits per heavy atom. The molecule has 0 saturated carbocycles. The topological polar surface area (TPSA) is 504 Å². The quantitative estimate of drug-likeness (QED) is 0.0397. The zero-order valence-corrected chi connectivity index (χ0v) is 49.9. The van der Waals surface area contributed by atoms with Gasteiger partial charge in [-0.15, -0.1) is 0 Å². The molecule has 0 unspecified atom stereocenters. The van der Waals surface area contributed by atoms with Crippen LogP contribution >= 0.6 is 0 Å². The maximum Gasteiger partial charge on any atom is 0.252 e. The maximum absolute atomic E-state index is 14.5. The Morgan fingerprint density at radius 2 is 1.12 bits per heavy atom. The Morgan fingerprint density at radius 1 is 0.591 bits per heavy atom. The van der Waals surface area contributed by atoms with E-state index in [1.165, 1.54) is 32.2 Å². The summed E-state index contributed by atoms with van der Waals surface area (Å²) in [5.74, 6) is -10.9. The number of amides is 11. The van der Waals surface area contributed by atoms with Crippen LogP contribution in [0.25, 0.3) is 11.3 Å². The zero-order valence-electron chi connectivity index (χ0n) is 49.9. The number of carbonyl (C=O) groups is 11. The Hall–Kier alpha value is -8.52. The van der Waals surface area contributed by atoms with Crippen molar-refractivity contribution in [1.29, 1.82) is 0 Å². The van der Waals surface area contributed by atoms with Crippen molar-refractivity contribution in [2.75, 3.05) is 39.3 Å². The van der Waals surface area contributed by atoms with Crippen LogP contribution in [0, 0.1) is 5.92 Å². The van der Waals surface area contributed by atoms with Crippen LogP contribution < -0.4 is 87.2 Å². The van der Waals surface area contributed by atoms with Crippen LogP contribution in [0.3, 0.4) is 0 Å². The summed E-state index contributed by atoms with van der Waals surface area (Å²) in [6.07, 6.45) is -2.77. The van der Waals surface area contributed by atoms with Crippen molar-refractivity contribution in [1.82, 2.24) is 63.5 Å². The fraction of sp³-hybridized carbons (Fsp3) is 0.517. The summed E-state index contributed by atoms with van der Waals surface area (Å²) in [5.41, 5.74) is 31.4. The third-order valence-electron chi connectivity index (χ3n) is 14.5. The lowest BCUT2D eigenvalue weighted by molar-refractivity contribution is -0.136. The first-order valence-electron chi connectivity index (χ1n) is 29.2. The van der Waals surface area contributed by atoms with Gasteiger partial charge in [-0.3, -0.25) is 57.7 Å². The van der Waals surface area contributed by atoms with Crippen LogP contribution in [0.4, 0.5) is 0 Å². The molecule has 482 valence electrons. The summed E-state index contributed by atoms with van der Waals surface area (Å²) < 4.78 is 0. The van der Waals surface area contributed by atoms with Gasteiger partial charge >= 0.3 is 0 Å². The molecule has 11 amide bonds. The second-order valence-electron chi connectivity index (χ2n) is 21.3. The lowest BCUT2D eigenvalue weighted by Crippen LogP contribution is -2.63. The third-order valence-corrected chi connectivity index (χ3v) is 14.5. The van der Waals surface area contributed by atoms with Crippen molar-refractivity contribution in [3.8, 4) is 11.3 Å². The van der Waals surface area contributed by atoms with Gasteiger partial charge in [-0.25, -0.2) is 0 Å². The van der Waals surface area contributed by atoms with Crippen molar-refractivity contribution in [2.24, 2.45) is 34.6 Å². The van der Waals surface area contributed by atoms with E-state index in [2.05, 4.69) is 63.5 Å². The van der Waals surface area contributed by atoms with Crippen molar-refractivity contribution in [2.45, 2.75) is 145 Å². The molecule has 30 heteroatoms. The molecule has 0 bridgehead atoms. The highest BCUT2D eigenvalue weighted by molar-refractivity contribution is 6.01. The number of rotatable bonds is 24. The second-order valence-corrected chi connectivity index (χ2v) is 21.3. The molecule has 0 spiro atoms. The van der Waals surface area contributed by atoms with E-state index < -0.39 is 163 Å². The number of hydrogen-bond acceptors (Lipinski definition) is 19. The van der Waals surface area contributed by atoms with E-state index in [0.717, 1.165) is 5.56 Å². The normalized spacial score (nSPS) is 22.4. The van der Waals surface area contributed by atoms with Gasteiger partial charge in [0.2, 0.25) is 59.1 Å². The highest BCUT2D eigenvalue weighted by Crippen LogP contribution is 2.18. The van der Waals surface area contributed by atoms with E-state index in [1.807, 2.05) is 6.07 Å². The average molecular weight is 1230 g/mol. The van der Waals surface area contributed by atoms with E-state index in [9.17, 15) is 63.0 Å². The molecule has 30 nitrogen and oxygen atoms in total. The minimum absolute atomic E-state index is 0.0993. The molecular formula is C58H87N17O13. The molecule has 1 aromatic heterocycles. The molecule has 3 aromatic rings. The molecule has 1 fully saturated rings. The summed E-state index contributed by atoms with van der Waals surface area (Å²) in [6, 6.07) is 5.17. The van der Waals surface area contributed by atoms with Gasteiger partial charge in [0, 0.05) is 36.8 Å². The third kappa shape index (κ3) is 22.0. The van der Waals surface area contributed by atoms with Gasteiger partial charge < -0.3 is 97.4 Å². The molecule has 0 radical (unpaired) electrons. The molecule has 1 aliphatic heterocycles. The molecule has 88 heavy (non-hydrogen) atoms. The number of carbonyl (C=O) groups excluding carboxylic acids is 11. The number of hydrogen-bond donors (Lipinski definition) is 18. The molecule has 0 aliphatic carbocycles. The number of benzene rings is 2. The van der Waals surface area contributed by atoms with Crippen molar-refractivity contribution < 1.29 is 63.0 Å². The van der Waals surface area contributed by atoms with Crippen LogP contribution in [-0.2, 0) is 54.4 Å². The number of aliphatic hydroxyl groups is 2. The van der Waals surface area contributed by atoms with Gasteiger partial charge in [-0.05, 0) is 95.7 Å². The van der Waals surface area contributed by atoms with E-state index in [1.54, 1.807) is 68.4 Å². The second kappa shape index (κ2) is 36.6. The number of aromatic nitrogens is 1. The smallest absolute Gasteiger partial charge is 0.252 e. The molecule has 4 rings (SSSR count). The molecule has 1 aliphatic rings. The average Bonchev–Trinajstić information content (AvgIpc) is 3.69. The van der Waals surface area contributed by atoms with E-state index in [-0.39, 0.29) is 63.8 Å². The Kier molecular flexibility index (Phi) is 29.9. The minimum atomic E-state index is -1.78. The standard InChI is InChI=1S/C58H87N17O13/c1-5-31(2)45-57(87)70-38(17-23-60)49(79)68-40(19-25-62)53(83)74-46(32(3)76)56(86)65-27-21-41(51(81)67-37(16-22-59)50(80)71-43(54(84)73-45)28-34-12-8-6-9-13-34)69-55(85)44(30-63)72-58(88)47(33(4)77)75-52(82)39(18-24-61)66-48(78)36-20-26-64-42(29-36)35-14-10-7-11-15-35/h6-15,20,26,29,31-33,37-41,43-47,76-77H,5,16-19,21-25,27-28,30,59-63H2,1-4H3,(H,65,86)(H,66,78)(H,67,81)(H,68,79)(H,69,85)(H,70,87)(H,71,80)(H,72,88)(H,73,84)(H,74,83)(H,75,82)/t31-,32+,33+,37-,38-,39-,40-,41-,43+,44-,45-,46-,47-/m0/s1. The predicted molar refractivity (Wildman–Crippen MR) is 323 cm³/mol.